The van der Waals surface area contributed by atoms with E-state index in [1.807, 2.05) is 31.2 Å². The lowest BCUT2D eigenvalue weighted by Gasteiger charge is -2.14. The van der Waals surface area contributed by atoms with Crippen LogP contribution < -0.4 is 15.2 Å². The van der Waals surface area contributed by atoms with E-state index in [1.165, 1.54) is 0 Å². The van der Waals surface area contributed by atoms with Crippen LogP contribution >= 0.6 is 0 Å². The van der Waals surface area contributed by atoms with Crippen LogP contribution in [0.5, 0.6) is 11.5 Å². The van der Waals surface area contributed by atoms with Crippen molar-refractivity contribution < 1.29 is 14.2 Å². The number of rotatable bonds is 6. The maximum absolute atomic E-state index is 5.73. The van der Waals surface area contributed by atoms with E-state index in [0.29, 0.717) is 19.8 Å². The lowest BCUT2D eigenvalue weighted by molar-refractivity contribution is 0.0221. The van der Waals surface area contributed by atoms with Crippen LogP contribution in [0, 0.1) is 0 Å². The van der Waals surface area contributed by atoms with E-state index in [9.17, 15) is 0 Å². The molecule has 1 aromatic carbocycles. The van der Waals surface area contributed by atoms with Crippen LogP contribution in [0.2, 0.25) is 0 Å². The molecule has 0 aromatic heterocycles. The third-order valence-electron chi connectivity index (χ3n) is 3.01. The molecule has 18 heavy (non-hydrogen) atoms. The highest BCUT2D eigenvalue weighted by molar-refractivity contribution is 5.32. The van der Waals surface area contributed by atoms with Crippen molar-refractivity contribution in [1.29, 1.82) is 0 Å². The van der Waals surface area contributed by atoms with Gasteiger partial charge in [-0.15, -0.1) is 0 Å². The summed E-state index contributed by atoms with van der Waals surface area (Å²) >= 11 is 0. The Morgan fingerprint density at radius 1 is 1.22 bits per heavy atom. The molecule has 1 aliphatic heterocycles. The topological polar surface area (TPSA) is 53.7 Å². The van der Waals surface area contributed by atoms with Gasteiger partial charge in [-0.1, -0.05) is 6.07 Å². The molecule has 4 nitrogen and oxygen atoms in total. The molecule has 1 fully saturated rings. The zero-order valence-corrected chi connectivity index (χ0v) is 10.8. The molecule has 1 aliphatic rings. The van der Waals surface area contributed by atoms with E-state index in [2.05, 4.69) is 0 Å². The molecule has 2 atom stereocenters. The number of ether oxygens (including phenoxy) is 3. The molecule has 0 bridgehead atoms. The van der Waals surface area contributed by atoms with Gasteiger partial charge in [0.05, 0.1) is 18.8 Å². The highest BCUT2D eigenvalue weighted by atomic mass is 16.5. The van der Waals surface area contributed by atoms with Crippen molar-refractivity contribution in [2.24, 2.45) is 5.73 Å². The average molecular weight is 251 g/mol. The van der Waals surface area contributed by atoms with Crippen LogP contribution in [0.15, 0.2) is 24.3 Å². The molecule has 4 heteroatoms. The third kappa shape index (κ3) is 3.62. The molecule has 1 aromatic rings. The van der Waals surface area contributed by atoms with Crippen molar-refractivity contribution in [3.63, 3.8) is 0 Å². The van der Waals surface area contributed by atoms with Gasteiger partial charge >= 0.3 is 0 Å². The minimum atomic E-state index is 0.161. The fourth-order valence-electron chi connectivity index (χ4n) is 2.09. The van der Waals surface area contributed by atoms with Gasteiger partial charge in [-0.25, -0.2) is 0 Å². The standard InChI is InChI=1S/C14H21NO3/c1-2-16-11-4-3-5-12(8-11)17-10-14-7-6-13(9-15)18-14/h3-5,8,13-14H,2,6-7,9-10,15H2,1H3. The summed E-state index contributed by atoms with van der Waals surface area (Å²) in [5.74, 6) is 1.66. The first-order valence-corrected chi connectivity index (χ1v) is 6.53. The summed E-state index contributed by atoms with van der Waals surface area (Å²) in [5.41, 5.74) is 5.57. The van der Waals surface area contributed by atoms with Crippen molar-refractivity contribution >= 4 is 0 Å². The lowest BCUT2D eigenvalue weighted by atomic mass is 10.2. The minimum Gasteiger partial charge on any atom is -0.494 e. The zero-order valence-electron chi connectivity index (χ0n) is 10.8. The second kappa shape index (κ2) is 6.61. The Labute approximate surface area is 108 Å². The molecule has 1 saturated heterocycles. The van der Waals surface area contributed by atoms with Crippen LogP contribution in [0.3, 0.4) is 0 Å². The van der Waals surface area contributed by atoms with Gasteiger partial charge in [-0.2, -0.15) is 0 Å². The quantitative estimate of drug-likeness (QED) is 0.840. The van der Waals surface area contributed by atoms with Crippen LogP contribution in [-0.4, -0.2) is 32.0 Å². The van der Waals surface area contributed by atoms with E-state index < -0.39 is 0 Å². The predicted molar refractivity (Wildman–Crippen MR) is 70.1 cm³/mol. The third-order valence-corrected chi connectivity index (χ3v) is 3.01. The maximum atomic E-state index is 5.73. The Morgan fingerprint density at radius 2 is 1.94 bits per heavy atom. The van der Waals surface area contributed by atoms with E-state index in [-0.39, 0.29) is 12.2 Å². The fourth-order valence-corrected chi connectivity index (χ4v) is 2.09. The molecule has 0 saturated carbocycles. The van der Waals surface area contributed by atoms with Crippen molar-refractivity contribution in [3.05, 3.63) is 24.3 Å². The van der Waals surface area contributed by atoms with E-state index >= 15 is 0 Å². The van der Waals surface area contributed by atoms with Crippen molar-refractivity contribution in [3.8, 4) is 11.5 Å². The first-order valence-electron chi connectivity index (χ1n) is 6.53. The molecular formula is C14H21NO3. The van der Waals surface area contributed by atoms with Gasteiger partial charge in [0.15, 0.2) is 0 Å². The van der Waals surface area contributed by atoms with Crippen LogP contribution in [0.4, 0.5) is 0 Å². The molecule has 2 unspecified atom stereocenters. The number of hydrogen-bond acceptors (Lipinski definition) is 4. The summed E-state index contributed by atoms with van der Waals surface area (Å²) in [5, 5.41) is 0. The number of nitrogens with two attached hydrogens (primary N) is 1. The monoisotopic (exact) mass is 251 g/mol. The Kier molecular flexibility index (Phi) is 4.84. The van der Waals surface area contributed by atoms with Crippen LogP contribution in [-0.2, 0) is 4.74 Å². The first-order chi connectivity index (χ1) is 8.81. The largest absolute Gasteiger partial charge is 0.494 e. The molecule has 100 valence electrons. The minimum absolute atomic E-state index is 0.161. The molecular weight excluding hydrogens is 230 g/mol. The van der Waals surface area contributed by atoms with Crippen molar-refractivity contribution in [2.75, 3.05) is 19.8 Å². The molecule has 0 radical (unpaired) electrons. The van der Waals surface area contributed by atoms with Gasteiger partial charge in [0.1, 0.15) is 18.1 Å². The second-order valence-electron chi connectivity index (χ2n) is 4.41. The molecule has 2 N–H and O–H groups in total. The Balaban J connectivity index is 1.81. The summed E-state index contributed by atoms with van der Waals surface area (Å²) in [6, 6.07) is 7.68. The highest BCUT2D eigenvalue weighted by Crippen LogP contribution is 2.22. The van der Waals surface area contributed by atoms with Gasteiger partial charge in [0.2, 0.25) is 0 Å². The Morgan fingerprint density at radius 3 is 2.61 bits per heavy atom. The lowest BCUT2D eigenvalue weighted by Crippen LogP contribution is -2.23. The summed E-state index contributed by atoms with van der Waals surface area (Å²) < 4.78 is 16.9. The molecule has 0 aliphatic carbocycles. The summed E-state index contributed by atoms with van der Waals surface area (Å²) in [6.45, 7) is 3.79. The van der Waals surface area contributed by atoms with E-state index in [4.69, 9.17) is 19.9 Å². The molecule has 2 rings (SSSR count). The van der Waals surface area contributed by atoms with Gasteiger partial charge in [0, 0.05) is 12.6 Å². The number of hydrogen-bond donors (Lipinski definition) is 1. The average Bonchev–Trinajstić information content (AvgIpc) is 2.85. The Hall–Kier alpha value is -1.26. The van der Waals surface area contributed by atoms with E-state index in [0.717, 1.165) is 24.3 Å². The summed E-state index contributed by atoms with van der Waals surface area (Å²) in [7, 11) is 0. The molecule has 0 amide bonds. The Bertz CT molecular complexity index is 370. The van der Waals surface area contributed by atoms with Crippen molar-refractivity contribution in [1.82, 2.24) is 0 Å². The summed E-state index contributed by atoms with van der Waals surface area (Å²) in [6.07, 6.45) is 2.42. The van der Waals surface area contributed by atoms with Gasteiger partial charge < -0.3 is 19.9 Å². The fraction of sp³-hybridized carbons (Fsp3) is 0.571. The van der Waals surface area contributed by atoms with Crippen molar-refractivity contribution in [2.45, 2.75) is 32.0 Å². The smallest absolute Gasteiger partial charge is 0.123 e. The zero-order chi connectivity index (χ0) is 12.8. The molecule has 1 heterocycles. The van der Waals surface area contributed by atoms with Gasteiger partial charge in [-0.05, 0) is 31.9 Å². The normalized spacial score (nSPS) is 23.0. The number of benzene rings is 1. The van der Waals surface area contributed by atoms with Gasteiger partial charge in [0.25, 0.3) is 0 Å². The second-order valence-corrected chi connectivity index (χ2v) is 4.41. The predicted octanol–water partition coefficient (Wildman–Crippen LogP) is 1.97. The van der Waals surface area contributed by atoms with Crippen LogP contribution in [0.1, 0.15) is 19.8 Å². The first kappa shape index (κ1) is 13.2. The summed E-state index contributed by atoms with van der Waals surface area (Å²) in [4.78, 5) is 0. The highest BCUT2D eigenvalue weighted by Gasteiger charge is 2.24. The maximum Gasteiger partial charge on any atom is 0.123 e. The molecule has 0 spiro atoms. The van der Waals surface area contributed by atoms with Crippen LogP contribution in [0.25, 0.3) is 0 Å². The van der Waals surface area contributed by atoms with E-state index in [1.54, 1.807) is 0 Å². The SMILES string of the molecule is CCOc1cccc(OCC2CCC(CN)O2)c1. The van der Waals surface area contributed by atoms with Gasteiger partial charge in [-0.3, -0.25) is 0 Å².